The summed E-state index contributed by atoms with van der Waals surface area (Å²) in [4.78, 5) is 16.7. The van der Waals surface area contributed by atoms with Crippen molar-refractivity contribution < 1.29 is 9.90 Å². The Morgan fingerprint density at radius 2 is 2.30 bits per heavy atom. The molecule has 0 unspecified atom stereocenters. The lowest BCUT2D eigenvalue weighted by Crippen LogP contribution is -2.54. The molecule has 1 amide bonds. The van der Waals surface area contributed by atoms with Crippen LogP contribution in [0.1, 0.15) is 27.2 Å². The molecule has 1 aromatic rings. The fourth-order valence-corrected chi connectivity index (χ4v) is 3.04. The molecule has 2 N–H and O–H groups in total. The molecular formula is C16H29N5O2. The molecular weight excluding hydrogens is 294 g/mol. The van der Waals surface area contributed by atoms with Crippen molar-refractivity contribution in [3.8, 4) is 0 Å². The van der Waals surface area contributed by atoms with Gasteiger partial charge in [0.05, 0.1) is 18.8 Å². The zero-order valence-electron chi connectivity index (χ0n) is 14.4. The van der Waals surface area contributed by atoms with Crippen LogP contribution in [0, 0.1) is 0 Å². The van der Waals surface area contributed by atoms with E-state index in [0.717, 1.165) is 38.4 Å². The quantitative estimate of drug-likeness (QED) is 0.769. The number of aliphatic hydroxyl groups is 1. The summed E-state index contributed by atoms with van der Waals surface area (Å²) < 4.78 is 1.82. The van der Waals surface area contributed by atoms with Crippen molar-refractivity contribution in [2.45, 2.75) is 45.9 Å². The van der Waals surface area contributed by atoms with Gasteiger partial charge in [0.2, 0.25) is 5.91 Å². The summed E-state index contributed by atoms with van der Waals surface area (Å²) >= 11 is 0. The molecule has 1 fully saturated rings. The lowest BCUT2D eigenvalue weighted by Gasteiger charge is -2.40. The Morgan fingerprint density at radius 1 is 1.52 bits per heavy atom. The minimum Gasteiger partial charge on any atom is -0.392 e. The number of hydrogen-bond acceptors (Lipinski definition) is 5. The summed E-state index contributed by atoms with van der Waals surface area (Å²) in [5, 5.41) is 16.7. The number of anilines is 1. The smallest absolute Gasteiger partial charge is 0.239 e. The highest BCUT2D eigenvalue weighted by Crippen LogP contribution is 2.11. The first-order valence-electron chi connectivity index (χ1n) is 8.45. The molecule has 7 nitrogen and oxygen atoms in total. The first-order chi connectivity index (χ1) is 11.0. The van der Waals surface area contributed by atoms with E-state index in [-0.39, 0.29) is 12.0 Å². The molecule has 130 valence electrons. The molecule has 0 radical (unpaired) electrons. The van der Waals surface area contributed by atoms with E-state index in [0.29, 0.717) is 19.1 Å². The van der Waals surface area contributed by atoms with Crippen LogP contribution in [0.15, 0.2) is 12.3 Å². The highest BCUT2D eigenvalue weighted by molar-refractivity contribution is 5.91. The molecule has 7 heteroatoms. The van der Waals surface area contributed by atoms with Crippen LogP contribution in [0.2, 0.25) is 0 Å². The normalized spacial score (nSPS) is 21.3. The molecule has 2 heterocycles. The van der Waals surface area contributed by atoms with Gasteiger partial charge in [0.25, 0.3) is 0 Å². The fraction of sp³-hybridized carbons (Fsp3) is 0.750. The van der Waals surface area contributed by atoms with Gasteiger partial charge in [-0.05, 0) is 20.3 Å². The number of nitrogens with one attached hydrogen (secondary N) is 1. The third kappa shape index (κ3) is 5.30. The zero-order valence-corrected chi connectivity index (χ0v) is 14.4. The summed E-state index contributed by atoms with van der Waals surface area (Å²) in [7, 11) is 0. The van der Waals surface area contributed by atoms with Gasteiger partial charge in [-0.1, -0.05) is 6.92 Å². The van der Waals surface area contributed by atoms with Crippen LogP contribution in [0.25, 0.3) is 0 Å². The first kappa shape index (κ1) is 17.9. The molecule has 0 spiro atoms. The number of aryl methyl sites for hydroxylation is 1. The molecule has 1 aliphatic rings. The zero-order chi connectivity index (χ0) is 16.8. The Labute approximate surface area is 138 Å². The van der Waals surface area contributed by atoms with E-state index in [1.807, 2.05) is 17.7 Å². The van der Waals surface area contributed by atoms with Crippen LogP contribution in [0.3, 0.4) is 0 Å². The Balaban J connectivity index is 1.81. The second kappa shape index (κ2) is 8.42. The third-order valence-electron chi connectivity index (χ3n) is 4.13. The van der Waals surface area contributed by atoms with Crippen LogP contribution < -0.4 is 5.32 Å². The second-order valence-electron chi connectivity index (χ2n) is 6.42. The average molecular weight is 323 g/mol. The van der Waals surface area contributed by atoms with Gasteiger partial charge in [-0.15, -0.1) is 0 Å². The van der Waals surface area contributed by atoms with Gasteiger partial charge in [0.1, 0.15) is 5.82 Å². The number of aromatic nitrogens is 2. The number of piperazine rings is 1. The number of carbonyl (C=O) groups is 1. The summed E-state index contributed by atoms with van der Waals surface area (Å²) in [5.74, 6) is 0.761. The fourth-order valence-electron chi connectivity index (χ4n) is 3.04. The third-order valence-corrected chi connectivity index (χ3v) is 4.13. The summed E-state index contributed by atoms with van der Waals surface area (Å²) in [6, 6.07) is 2.17. The van der Waals surface area contributed by atoms with Crippen LogP contribution in [-0.2, 0) is 11.3 Å². The van der Waals surface area contributed by atoms with Crippen molar-refractivity contribution in [2.24, 2.45) is 0 Å². The molecule has 0 aromatic carbocycles. The van der Waals surface area contributed by atoms with E-state index in [1.54, 1.807) is 6.20 Å². The number of amides is 1. The maximum absolute atomic E-state index is 12.3. The Bertz CT molecular complexity index is 502. The first-order valence-corrected chi connectivity index (χ1v) is 8.45. The number of rotatable bonds is 7. The van der Waals surface area contributed by atoms with Crippen LogP contribution in [-0.4, -0.2) is 75.5 Å². The molecule has 2 rings (SSSR count). The monoisotopic (exact) mass is 323 g/mol. The van der Waals surface area contributed by atoms with E-state index < -0.39 is 0 Å². The molecule has 0 saturated carbocycles. The van der Waals surface area contributed by atoms with Crippen molar-refractivity contribution in [2.75, 3.05) is 38.0 Å². The van der Waals surface area contributed by atoms with Crippen molar-refractivity contribution >= 4 is 11.7 Å². The molecule has 0 bridgehead atoms. The van der Waals surface area contributed by atoms with Gasteiger partial charge in [-0.2, -0.15) is 5.10 Å². The second-order valence-corrected chi connectivity index (χ2v) is 6.42. The van der Waals surface area contributed by atoms with E-state index in [9.17, 15) is 9.90 Å². The number of carbonyl (C=O) groups excluding carboxylic acids is 1. The SMILES string of the molecule is CCCn1nccc1NC(=O)CN1CCN(C[C@@H](C)O)[C@H](C)C1. The van der Waals surface area contributed by atoms with E-state index in [4.69, 9.17) is 0 Å². The van der Waals surface area contributed by atoms with Crippen molar-refractivity contribution in [3.63, 3.8) is 0 Å². The predicted octanol–water partition coefficient (Wildman–Crippen LogP) is 0.619. The van der Waals surface area contributed by atoms with Crippen LogP contribution in [0.5, 0.6) is 0 Å². The molecule has 1 aliphatic heterocycles. The van der Waals surface area contributed by atoms with Crippen molar-refractivity contribution in [3.05, 3.63) is 12.3 Å². The van der Waals surface area contributed by atoms with E-state index >= 15 is 0 Å². The topological polar surface area (TPSA) is 73.6 Å². The van der Waals surface area contributed by atoms with Crippen molar-refractivity contribution in [1.82, 2.24) is 19.6 Å². The molecule has 2 atom stereocenters. The maximum Gasteiger partial charge on any atom is 0.239 e. The van der Waals surface area contributed by atoms with Crippen LogP contribution in [0.4, 0.5) is 5.82 Å². The Morgan fingerprint density at radius 3 is 2.96 bits per heavy atom. The van der Waals surface area contributed by atoms with Gasteiger partial charge in [0, 0.05) is 44.8 Å². The summed E-state index contributed by atoms with van der Waals surface area (Å²) in [5.41, 5.74) is 0. The van der Waals surface area contributed by atoms with E-state index in [1.165, 1.54) is 0 Å². The number of hydrogen-bond donors (Lipinski definition) is 2. The number of β-amino-alcohol motifs (C(OH)–C–C–N with tert-alkyl or cyclic N) is 1. The average Bonchev–Trinajstić information content (AvgIpc) is 2.89. The number of nitrogens with zero attached hydrogens (tertiary/aromatic N) is 4. The van der Waals surface area contributed by atoms with Gasteiger partial charge >= 0.3 is 0 Å². The number of aliphatic hydroxyl groups excluding tert-OH is 1. The van der Waals surface area contributed by atoms with Gasteiger partial charge in [-0.25, -0.2) is 4.68 Å². The predicted molar refractivity (Wildman–Crippen MR) is 90.3 cm³/mol. The van der Waals surface area contributed by atoms with Crippen molar-refractivity contribution in [1.29, 1.82) is 0 Å². The van der Waals surface area contributed by atoms with E-state index in [2.05, 4.69) is 34.1 Å². The lowest BCUT2D eigenvalue weighted by atomic mass is 10.1. The highest BCUT2D eigenvalue weighted by atomic mass is 16.3. The molecule has 1 aromatic heterocycles. The summed E-state index contributed by atoms with van der Waals surface area (Å²) in [6.07, 6.45) is 2.38. The Hall–Kier alpha value is -1.44. The molecule has 1 saturated heterocycles. The van der Waals surface area contributed by atoms with Gasteiger partial charge in [0.15, 0.2) is 0 Å². The molecule has 0 aliphatic carbocycles. The standard InChI is InChI=1S/C16H29N5O2/c1-4-7-21-15(5-6-17-21)18-16(23)12-19-8-9-20(11-14(3)22)13(2)10-19/h5-6,13-14,22H,4,7-12H2,1-3H3,(H,18,23)/t13-,14-/m1/s1. The van der Waals surface area contributed by atoms with Gasteiger partial charge in [-0.3, -0.25) is 14.6 Å². The highest BCUT2D eigenvalue weighted by Gasteiger charge is 2.25. The Kier molecular flexibility index (Phi) is 6.56. The van der Waals surface area contributed by atoms with Gasteiger partial charge < -0.3 is 10.4 Å². The molecule has 23 heavy (non-hydrogen) atoms. The van der Waals surface area contributed by atoms with Crippen LogP contribution >= 0.6 is 0 Å². The maximum atomic E-state index is 12.3. The largest absolute Gasteiger partial charge is 0.392 e. The lowest BCUT2D eigenvalue weighted by molar-refractivity contribution is -0.118. The summed E-state index contributed by atoms with van der Waals surface area (Å²) in [6.45, 7) is 10.5. The minimum absolute atomic E-state index is 0.000899. The minimum atomic E-state index is -0.314.